The van der Waals surface area contributed by atoms with Gasteiger partial charge in [-0.15, -0.1) is 0 Å². The summed E-state index contributed by atoms with van der Waals surface area (Å²) in [5, 5.41) is 3.95. The summed E-state index contributed by atoms with van der Waals surface area (Å²) in [4.78, 5) is 12.4. The minimum absolute atomic E-state index is 0.166. The van der Waals surface area contributed by atoms with Crippen molar-refractivity contribution in [2.75, 3.05) is 11.3 Å². The van der Waals surface area contributed by atoms with Crippen molar-refractivity contribution in [1.29, 1.82) is 0 Å². The Hall–Kier alpha value is -3.91. The van der Waals surface area contributed by atoms with E-state index in [1.807, 2.05) is 19.1 Å². The third kappa shape index (κ3) is 6.29. The van der Waals surface area contributed by atoms with Gasteiger partial charge in [-0.3, -0.25) is 9.52 Å². The van der Waals surface area contributed by atoms with Gasteiger partial charge in [-0.25, -0.2) is 13.8 Å². The van der Waals surface area contributed by atoms with Crippen LogP contribution < -0.4 is 14.9 Å². The van der Waals surface area contributed by atoms with Gasteiger partial charge in [-0.05, 0) is 73.2 Å². The van der Waals surface area contributed by atoms with Crippen LogP contribution in [0.4, 0.5) is 5.69 Å². The van der Waals surface area contributed by atoms with Crippen molar-refractivity contribution < 1.29 is 17.9 Å². The number of carbonyl (C=O) groups is 1. The Morgan fingerprint density at radius 1 is 1.00 bits per heavy atom. The summed E-state index contributed by atoms with van der Waals surface area (Å²) in [5.74, 6) is 0.296. The Kier molecular flexibility index (Phi) is 7.41. The lowest BCUT2D eigenvalue weighted by Crippen LogP contribution is -2.18. The van der Waals surface area contributed by atoms with Gasteiger partial charge in [0, 0.05) is 11.3 Å². The summed E-state index contributed by atoms with van der Waals surface area (Å²) in [6.07, 6.45) is 3.18. The number of aryl methyl sites for hydroxylation is 1. The van der Waals surface area contributed by atoms with Crippen molar-refractivity contribution in [3.05, 3.63) is 102 Å². The zero-order chi connectivity index (χ0) is 23.0. The third-order valence-corrected chi connectivity index (χ3v) is 5.76. The van der Waals surface area contributed by atoms with Gasteiger partial charge in [0.25, 0.3) is 15.9 Å². The van der Waals surface area contributed by atoms with E-state index >= 15 is 0 Å². The van der Waals surface area contributed by atoms with E-state index in [-0.39, 0.29) is 4.90 Å². The van der Waals surface area contributed by atoms with Gasteiger partial charge in [0.05, 0.1) is 11.1 Å². The monoisotopic (exact) mass is 449 g/mol. The largest absolute Gasteiger partial charge is 0.490 e. The molecule has 0 spiro atoms. The van der Waals surface area contributed by atoms with Gasteiger partial charge in [-0.1, -0.05) is 30.4 Å². The zero-order valence-electron chi connectivity index (χ0n) is 17.5. The molecule has 1 amide bonds. The Morgan fingerprint density at radius 3 is 2.28 bits per heavy atom. The number of carbonyl (C=O) groups excluding carboxylic acids is 1. The number of ether oxygens (including phenoxy) is 1. The Bertz CT molecular complexity index is 1200. The molecular weight excluding hydrogens is 426 g/mol. The van der Waals surface area contributed by atoms with E-state index in [9.17, 15) is 13.2 Å². The van der Waals surface area contributed by atoms with E-state index in [0.29, 0.717) is 23.6 Å². The predicted molar refractivity (Wildman–Crippen MR) is 126 cm³/mol. The van der Waals surface area contributed by atoms with Crippen LogP contribution in [0.1, 0.15) is 21.5 Å². The number of nitrogens with one attached hydrogen (secondary N) is 2. The molecule has 8 heteroatoms. The van der Waals surface area contributed by atoms with E-state index in [4.69, 9.17) is 4.74 Å². The summed E-state index contributed by atoms with van der Waals surface area (Å²) in [5.41, 5.74) is 4.89. The zero-order valence-corrected chi connectivity index (χ0v) is 18.3. The first-order chi connectivity index (χ1) is 15.4. The molecule has 0 radical (unpaired) electrons. The number of hydrogen-bond acceptors (Lipinski definition) is 5. The first-order valence-electron chi connectivity index (χ1n) is 9.74. The Labute approximate surface area is 187 Å². The summed E-state index contributed by atoms with van der Waals surface area (Å²) >= 11 is 0. The topological polar surface area (TPSA) is 96.9 Å². The lowest BCUT2D eigenvalue weighted by atomic mass is 10.2. The molecule has 3 aromatic carbocycles. The number of nitrogens with zero attached hydrogens (tertiary/aromatic N) is 1. The number of amides is 1. The van der Waals surface area contributed by atoms with E-state index in [2.05, 4.69) is 21.8 Å². The summed E-state index contributed by atoms with van der Waals surface area (Å²) < 4.78 is 32.8. The van der Waals surface area contributed by atoms with Crippen molar-refractivity contribution in [1.82, 2.24) is 5.43 Å². The molecule has 0 fully saturated rings. The van der Waals surface area contributed by atoms with Crippen LogP contribution in [-0.4, -0.2) is 27.1 Å². The molecule has 0 saturated heterocycles. The molecular formula is C24H23N3O4S. The molecule has 0 aromatic heterocycles. The van der Waals surface area contributed by atoms with Crippen molar-refractivity contribution in [3.63, 3.8) is 0 Å². The highest BCUT2D eigenvalue weighted by atomic mass is 32.2. The fourth-order valence-corrected chi connectivity index (χ4v) is 3.72. The number of anilines is 1. The smallest absolute Gasteiger partial charge is 0.271 e. The fraction of sp³-hybridized carbons (Fsp3) is 0.0833. The maximum absolute atomic E-state index is 12.5. The highest BCUT2D eigenvalue weighted by molar-refractivity contribution is 7.92. The third-order valence-electron chi connectivity index (χ3n) is 4.36. The van der Waals surface area contributed by atoms with Gasteiger partial charge in [0.1, 0.15) is 12.4 Å². The maximum atomic E-state index is 12.5. The molecule has 3 rings (SSSR count). The molecule has 0 aliphatic rings. The fourth-order valence-electron chi connectivity index (χ4n) is 2.66. The van der Waals surface area contributed by atoms with Crippen LogP contribution in [0.3, 0.4) is 0 Å². The van der Waals surface area contributed by atoms with E-state index < -0.39 is 15.9 Å². The maximum Gasteiger partial charge on any atom is 0.271 e. The van der Waals surface area contributed by atoms with Crippen LogP contribution in [0.5, 0.6) is 5.75 Å². The molecule has 0 atom stereocenters. The van der Waals surface area contributed by atoms with Gasteiger partial charge >= 0.3 is 0 Å². The minimum atomic E-state index is -3.70. The molecule has 0 saturated carbocycles. The van der Waals surface area contributed by atoms with Crippen molar-refractivity contribution in [2.45, 2.75) is 11.8 Å². The molecule has 0 aliphatic heterocycles. The molecule has 0 bridgehead atoms. The van der Waals surface area contributed by atoms with Crippen LogP contribution >= 0.6 is 0 Å². The average molecular weight is 450 g/mol. The van der Waals surface area contributed by atoms with Crippen LogP contribution in [0.15, 0.2) is 95.4 Å². The second kappa shape index (κ2) is 10.4. The van der Waals surface area contributed by atoms with Gasteiger partial charge < -0.3 is 4.74 Å². The molecule has 164 valence electrons. The van der Waals surface area contributed by atoms with Crippen LogP contribution in [0.2, 0.25) is 0 Å². The highest BCUT2D eigenvalue weighted by Crippen LogP contribution is 2.17. The molecule has 3 aromatic rings. The van der Waals surface area contributed by atoms with Crippen LogP contribution in [0.25, 0.3) is 0 Å². The van der Waals surface area contributed by atoms with Crippen molar-refractivity contribution in [3.8, 4) is 5.75 Å². The van der Waals surface area contributed by atoms with E-state index in [1.54, 1.807) is 42.5 Å². The first kappa shape index (κ1) is 22.8. The molecule has 7 nitrogen and oxygen atoms in total. The van der Waals surface area contributed by atoms with Crippen LogP contribution in [0, 0.1) is 6.92 Å². The standard InChI is InChI=1S/C24H23N3O4S/c1-3-16-31-22-12-6-19(7-13-22)17-25-26-24(28)20-8-10-21(11-9-20)27-32(29,30)23-14-4-18(2)5-15-23/h3-15,17,27H,1,16H2,2H3,(H,26,28). The van der Waals surface area contributed by atoms with E-state index in [1.165, 1.54) is 30.5 Å². The average Bonchev–Trinajstić information content (AvgIpc) is 2.79. The highest BCUT2D eigenvalue weighted by Gasteiger charge is 2.14. The normalized spacial score (nSPS) is 11.2. The molecule has 2 N–H and O–H groups in total. The van der Waals surface area contributed by atoms with Gasteiger partial charge in [0.15, 0.2) is 0 Å². The summed E-state index contributed by atoms with van der Waals surface area (Å²) in [6.45, 7) is 5.90. The number of hydrazone groups is 1. The van der Waals surface area contributed by atoms with Gasteiger partial charge in [-0.2, -0.15) is 5.10 Å². The summed E-state index contributed by atoms with van der Waals surface area (Å²) in [6, 6.07) is 19.8. The first-order valence-corrected chi connectivity index (χ1v) is 11.2. The lowest BCUT2D eigenvalue weighted by molar-refractivity contribution is 0.0955. The molecule has 0 unspecified atom stereocenters. The second-order valence-corrected chi connectivity index (χ2v) is 8.55. The quantitative estimate of drug-likeness (QED) is 0.292. The number of sulfonamides is 1. The summed E-state index contributed by atoms with van der Waals surface area (Å²) in [7, 11) is -3.70. The number of benzene rings is 3. The molecule has 0 heterocycles. The Balaban J connectivity index is 1.57. The van der Waals surface area contributed by atoms with E-state index in [0.717, 1.165) is 11.1 Å². The van der Waals surface area contributed by atoms with Crippen molar-refractivity contribution in [2.24, 2.45) is 5.10 Å². The number of rotatable bonds is 9. The number of hydrogen-bond donors (Lipinski definition) is 2. The predicted octanol–water partition coefficient (Wildman–Crippen LogP) is 4.12. The minimum Gasteiger partial charge on any atom is -0.490 e. The molecule has 0 aliphatic carbocycles. The second-order valence-electron chi connectivity index (χ2n) is 6.86. The SMILES string of the molecule is C=CCOc1ccc(C=NNC(=O)c2ccc(NS(=O)(=O)c3ccc(C)cc3)cc2)cc1. The van der Waals surface area contributed by atoms with Crippen LogP contribution in [-0.2, 0) is 10.0 Å². The van der Waals surface area contributed by atoms with Gasteiger partial charge in [0.2, 0.25) is 0 Å². The van der Waals surface area contributed by atoms with Crippen molar-refractivity contribution >= 4 is 27.8 Å². The Morgan fingerprint density at radius 2 is 1.66 bits per heavy atom. The lowest BCUT2D eigenvalue weighted by Gasteiger charge is -2.09. The molecule has 32 heavy (non-hydrogen) atoms.